The molecule has 0 amide bonds. The van der Waals surface area contributed by atoms with E-state index >= 15 is 0 Å². The van der Waals surface area contributed by atoms with Crippen molar-refractivity contribution >= 4 is 11.3 Å². The van der Waals surface area contributed by atoms with Crippen LogP contribution in [0.15, 0.2) is 29.6 Å². The number of thiazole rings is 1. The molecular weight excluding hydrogens is 220 g/mol. The van der Waals surface area contributed by atoms with Crippen LogP contribution < -0.4 is 4.74 Å². The molecule has 0 saturated heterocycles. The van der Waals surface area contributed by atoms with Gasteiger partial charge in [-0.15, -0.1) is 11.3 Å². The molecule has 2 aromatic rings. The summed E-state index contributed by atoms with van der Waals surface area (Å²) >= 11 is 1.51. The number of hydrogen-bond acceptors (Lipinski definition) is 3. The van der Waals surface area contributed by atoms with Gasteiger partial charge in [-0.05, 0) is 12.1 Å². The van der Waals surface area contributed by atoms with Gasteiger partial charge in [0.05, 0.1) is 12.8 Å². The minimum Gasteiger partial charge on any atom is -0.496 e. The number of para-hydroxylation sites is 1. The lowest BCUT2D eigenvalue weighted by molar-refractivity contribution is 0.416. The molecule has 1 heterocycles. The van der Waals surface area contributed by atoms with Crippen LogP contribution in [-0.2, 0) is 6.54 Å². The molecule has 0 saturated carbocycles. The Morgan fingerprint density at radius 1 is 1.44 bits per heavy atom. The van der Waals surface area contributed by atoms with Gasteiger partial charge in [0.2, 0.25) is 0 Å². The van der Waals surface area contributed by atoms with Gasteiger partial charge in [-0.2, -0.15) is 0 Å². The van der Waals surface area contributed by atoms with Crippen molar-refractivity contribution in [1.82, 2.24) is 4.98 Å². The highest BCUT2D eigenvalue weighted by Gasteiger charge is 2.09. The lowest BCUT2D eigenvalue weighted by Crippen LogP contribution is -1.87. The number of aromatic nitrogens is 1. The molecule has 1 aromatic heterocycles. The summed E-state index contributed by atoms with van der Waals surface area (Å²) < 4.78 is 5.27. The van der Waals surface area contributed by atoms with E-state index in [0.29, 0.717) is 6.54 Å². The lowest BCUT2D eigenvalue weighted by atomic mass is 10.1. The Labute approximate surface area is 98.2 Å². The van der Waals surface area contributed by atoms with Gasteiger partial charge >= 0.3 is 0 Å². The predicted molar refractivity (Wildman–Crippen MR) is 64.4 cm³/mol. The summed E-state index contributed by atoms with van der Waals surface area (Å²) in [6.45, 7) is 7.15. The maximum absolute atomic E-state index is 6.80. The van der Waals surface area contributed by atoms with E-state index in [1.54, 1.807) is 7.11 Å². The topological polar surface area (TPSA) is 26.5 Å². The number of rotatable bonds is 3. The second-order valence-electron chi connectivity index (χ2n) is 3.14. The van der Waals surface area contributed by atoms with Crippen molar-refractivity contribution in [2.24, 2.45) is 0 Å². The summed E-state index contributed by atoms with van der Waals surface area (Å²) in [5, 5.41) is 2.80. The first-order valence-electron chi connectivity index (χ1n) is 4.76. The van der Waals surface area contributed by atoms with E-state index in [1.165, 1.54) is 11.3 Å². The molecule has 0 spiro atoms. The third-order valence-corrected chi connectivity index (χ3v) is 2.98. The maximum Gasteiger partial charge on any atom is 0.265 e. The van der Waals surface area contributed by atoms with Crippen LogP contribution >= 0.6 is 11.3 Å². The van der Waals surface area contributed by atoms with Crippen molar-refractivity contribution in [3.05, 3.63) is 46.1 Å². The van der Waals surface area contributed by atoms with Gasteiger partial charge in [0.25, 0.3) is 6.54 Å². The SMILES string of the molecule is [C-]#[N+]Cc1nc(-c2ccccc2OC)cs1. The van der Waals surface area contributed by atoms with Crippen LogP contribution in [0.5, 0.6) is 5.75 Å². The van der Waals surface area contributed by atoms with Crippen LogP contribution in [0.25, 0.3) is 16.1 Å². The molecule has 0 fully saturated rings. The lowest BCUT2D eigenvalue weighted by Gasteiger charge is -2.04. The highest BCUT2D eigenvalue weighted by Crippen LogP contribution is 2.30. The first-order chi connectivity index (χ1) is 7.85. The van der Waals surface area contributed by atoms with Crippen molar-refractivity contribution in [2.75, 3.05) is 7.11 Å². The Kier molecular flexibility index (Phi) is 3.18. The molecule has 4 heteroatoms. The van der Waals surface area contributed by atoms with E-state index in [9.17, 15) is 0 Å². The molecule has 0 atom stereocenters. The van der Waals surface area contributed by atoms with E-state index in [-0.39, 0.29) is 0 Å². The normalized spacial score (nSPS) is 9.75. The van der Waals surface area contributed by atoms with Gasteiger partial charge in [0.1, 0.15) is 5.75 Å². The fraction of sp³-hybridized carbons (Fsp3) is 0.167. The minimum atomic E-state index is 0.347. The van der Waals surface area contributed by atoms with E-state index in [0.717, 1.165) is 22.0 Å². The average molecular weight is 230 g/mol. The van der Waals surface area contributed by atoms with E-state index < -0.39 is 0 Å². The third-order valence-electron chi connectivity index (χ3n) is 2.15. The first kappa shape index (κ1) is 10.7. The zero-order chi connectivity index (χ0) is 11.4. The molecule has 0 N–H and O–H groups in total. The monoisotopic (exact) mass is 230 g/mol. The van der Waals surface area contributed by atoms with Crippen LogP contribution in [0.3, 0.4) is 0 Å². The van der Waals surface area contributed by atoms with Gasteiger partial charge in [-0.3, -0.25) is 0 Å². The summed E-state index contributed by atoms with van der Waals surface area (Å²) in [6, 6.07) is 7.75. The molecule has 0 radical (unpaired) electrons. The summed E-state index contributed by atoms with van der Waals surface area (Å²) in [7, 11) is 1.64. The molecule has 2 rings (SSSR count). The Hall–Kier alpha value is -1.86. The van der Waals surface area contributed by atoms with Crippen molar-refractivity contribution in [2.45, 2.75) is 6.54 Å². The zero-order valence-corrected chi connectivity index (χ0v) is 9.62. The molecule has 1 aromatic carbocycles. The smallest absolute Gasteiger partial charge is 0.265 e. The summed E-state index contributed by atoms with van der Waals surface area (Å²) in [5.74, 6) is 0.808. The molecule has 0 unspecified atom stereocenters. The van der Waals surface area contributed by atoms with Gasteiger partial charge < -0.3 is 9.58 Å². The van der Waals surface area contributed by atoms with Crippen molar-refractivity contribution < 1.29 is 4.74 Å². The molecule has 16 heavy (non-hydrogen) atoms. The molecule has 0 aliphatic heterocycles. The van der Waals surface area contributed by atoms with Crippen LogP contribution in [0.2, 0.25) is 0 Å². The highest BCUT2D eigenvalue weighted by atomic mass is 32.1. The molecule has 3 nitrogen and oxygen atoms in total. The molecule has 80 valence electrons. The zero-order valence-electron chi connectivity index (χ0n) is 8.80. The van der Waals surface area contributed by atoms with Crippen molar-refractivity contribution in [1.29, 1.82) is 0 Å². The largest absolute Gasteiger partial charge is 0.496 e. The fourth-order valence-electron chi connectivity index (χ4n) is 1.43. The Morgan fingerprint density at radius 2 is 2.25 bits per heavy atom. The molecule has 0 bridgehead atoms. The van der Waals surface area contributed by atoms with Crippen LogP contribution in [0.4, 0.5) is 0 Å². The predicted octanol–water partition coefficient (Wildman–Crippen LogP) is 3.24. The number of nitrogens with zero attached hydrogens (tertiary/aromatic N) is 2. The van der Waals surface area contributed by atoms with Gasteiger partial charge in [-0.1, -0.05) is 12.1 Å². The minimum absolute atomic E-state index is 0.347. The number of benzene rings is 1. The quantitative estimate of drug-likeness (QED) is 0.757. The maximum atomic E-state index is 6.80. The highest BCUT2D eigenvalue weighted by molar-refractivity contribution is 7.10. The number of hydrogen-bond donors (Lipinski definition) is 0. The van der Waals surface area contributed by atoms with Crippen molar-refractivity contribution in [3.63, 3.8) is 0 Å². The molecule has 0 aliphatic carbocycles. The Morgan fingerprint density at radius 3 is 3.00 bits per heavy atom. The Balaban J connectivity index is 2.39. The van der Waals surface area contributed by atoms with Gasteiger partial charge in [-0.25, -0.2) is 11.6 Å². The van der Waals surface area contributed by atoms with Crippen LogP contribution in [-0.4, -0.2) is 12.1 Å². The van der Waals surface area contributed by atoms with E-state index in [4.69, 9.17) is 11.3 Å². The third kappa shape index (κ3) is 2.05. The standard InChI is InChI=1S/C12H10N2OS/c1-13-7-12-14-10(8-16-12)9-5-3-4-6-11(9)15-2/h3-6,8H,7H2,2H3. The average Bonchev–Trinajstić information content (AvgIpc) is 2.78. The fourth-order valence-corrected chi connectivity index (χ4v) is 2.15. The van der Waals surface area contributed by atoms with Crippen LogP contribution in [0, 0.1) is 6.57 Å². The second kappa shape index (κ2) is 4.77. The number of ether oxygens (including phenoxy) is 1. The van der Waals surface area contributed by atoms with E-state index in [1.807, 2.05) is 29.6 Å². The first-order valence-corrected chi connectivity index (χ1v) is 5.64. The second-order valence-corrected chi connectivity index (χ2v) is 4.09. The van der Waals surface area contributed by atoms with Gasteiger partial charge in [0.15, 0.2) is 5.01 Å². The summed E-state index contributed by atoms with van der Waals surface area (Å²) in [5.41, 5.74) is 1.85. The van der Waals surface area contributed by atoms with Crippen LogP contribution in [0.1, 0.15) is 5.01 Å². The Bertz CT molecular complexity index is 528. The molecule has 0 aliphatic rings. The van der Waals surface area contributed by atoms with Crippen molar-refractivity contribution in [3.8, 4) is 17.0 Å². The summed E-state index contributed by atoms with van der Waals surface area (Å²) in [4.78, 5) is 7.73. The summed E-state index contributed by atoms with van der Waals surface area (Å²) in [6.07, 6.45) is 0. The van der Waals surface area contributed by atoms with E-state index in [2.05, 4.69) is 9.83 Å². The number of methoxy groups -OCH3 is 1. The molecular formula is C12H10N2OS. The van der Waals surface area contributed by atoms with Gasteiger partial charge in [0, 0.05) is 10.9 Å².